The molecular weight excluding hydrogens is 464 g/mol. The standard InChI is InChI=1S/C29H34N6O2/c1-20-13-34(25-7-6-21(12-30)27-24(25)5-4-9-32-27)15-23(37-20)14-33-16-29(17-33)18-35(19-29)22-8-10-31-26(11-22)28(2,3)36/h4-11,20,23,36H,13-19H2,1-3H3. The number of pyridine rings is 2. The summed E-state index contributed by atoms with van der Waals surface area (Å²) >= 11 is 0. The Morgan fingerprint density at radius 2 is 1.89 bits per heavy atom. The molecule has 2 aromatic heterocycles. The highest BCUT2D eigenvalue weighted by Gasteiger charge is 2.52. The third kappa shape index (κ3) is 4.52. The van der Waals surface area contributed by atoms with Crippen LogP contribution >= 0.6 is 0 Å². The van der Waals surface area contributed by atoms with Crippen molar-refractivity contribution in [1.82, 2.24) is 14.9 Å². The van der Waals surface area contributed by atoms with Crippen LogP contribution in [-0.4, -0.2) is 78.0 Å². The summed E-state index contributed by atoms with van der Waals surface area (Å²) in [5.74, 6) is 0. The number of benzene rings is 1. The minimum atomic E-state index is -0.933. The van der Waals surface area contributed by atoms with Gasteiger partial charge in [-0.1, -0.05) is 0 Å². The van der Waals surface area contributed by atoms with Crippen molar-refractivity contribution in [2.75, 3.05) is 55.6 Å². The normalized spacial score (nSPS) is 23.5. The number of likely N-dealkylation sites (tertiary alicyclic amines) is 1. The van der Waals surface area contributed by atoms with Crippen molar-refractivity contribution in [3.05, 3.63) is 60.0 Å². The summed E-state index contributed by atoms with van der Waals surface area (Å²) in [5, 5.41) is 20.8. The highest BCUT2D eigenvalue weighted by atomic mass is 16.5. The van der Waals surface area contributed by atoms with Gasteiger partial charge in [-0.3, -0.25) is 14.9 Å². The van der Waals surface area contributed by atoms with E-state index >= 15 is 0 Å². The van der Waals surface area contributed by atoms with Crippen molar-refractivity contribution in [1.29, 1.82) is 5.26 Å². The van der Waals surface area contributed by atoms with E-state index in [9.17, 15) is 10.4 Å². The minimum absolute atomic E-state index is 0.132. The van der Waals surface area contributed by atoms with Gasteiger partial charge in [0, 0.05) is 80.4 Å². The molecule has 37 heavy (non-hydrogen) atoms. The van der Waals surface area contributed by atoms with Gasteiger partial charge in [-0.15, -0.1) is 0 Å². The van der Waals surface area contributed by atoms with Crippen LogP contribution in [0.1, 0.15) is 32.0 Å². The fourth-order valence-electron chi connectivity index (χ4n) is 6.28. The number of anilines is 2. The number of hydrogen-bond acceptors (Lipinski definition) is 8. The van der Waals surface area contributed by atoms with E-state index in [1.165, 1.54) is 0 Å². The van der Waals surface area contributed by atoms with Gasteiger partial charge in [0.25, 0.3) is 0 Å². The highest BCUT2D eigenvalue weighted by molar-refractivity contribution is 5.95. The summed E-state index contributed by atoms with van der Waals surface area (Å²) in [4.78, 5) is 16.1. The van der Waals surface area contributed by atoms with Crippen molar-refractivity contribution in [3.63, 3.8) is 0 Å². The quantitative estimate of drug-likeness (QED) is 0.574. The van der Waals surface area contributed by atoms with Crippen molar-refractivity contribution in [2.45, 2.75) is 38.6 Å². The maximum Gasteiger partial charge on any atom is 0.101 e. The first kappa shape index (κ1) is 24.1. The average molecular weight is 499 g/mol. The molecule has 0 amide bonds. The molecule has 0 bridgehead atoms. The van der Waals surface area contributed by atoms with Crippen LogP contribution in [0.2, 0.25) is 0 Å². The molecule has 2 unspecified atom stereocenters. The molecule has 3 aromatic rings. The Kier molecular flexibility index (Phi) is 5.83. The number of morpholine rings is 1. The molecule has 3 saturated heterocycles. The largest absolute Gasteiger partial charge is 0.384 e. The van der Waals surface area contributed by atoms with E-state index in [0.29, 0.717) is 16.7 Å². The van der Waals surface area contributed by atoms with Gasteiger partial charge >= 0.3 is 0 Å². The fourth-order valence-corrected chi connectivity index (χ4v) is 6.28. The molecule has 6 rings (SSSR count). The Labute approximate surface area is 218 Å². The van der Waals surface area contributed by atoms with Crippen LogP contribution in [0.4, 0.5) is 11.4 Å². The molecule has 192 valence electrons. The maximum atomic E-state index is 10.3. The SMILES string of the molecule is CC1CN(c2ccc(C#N)c3ncccc23)CC(CN2CC3(C2)CN(c2ccnc(C(C)(C)O)c2)C3)O1. The van der Waals surface area contributed by atoms with Crippen LogP contribution < -0.4 is 9.80 Å². The van der Waals surface area contributed by atoms with Crippen molar-refractivity contribution in [3.8, 4) is 6.07 Å². The zero-order valence-electron chi connectivity index (χ0n) is 21.8. The van der Waals surface area contributed by atoms with E-state index in [1.807, 2.05) is 24.3 Å². The van der Waals surface area contributed by atoms with Crippen molar-refractivity contribution in [2.24, 2.45) is 5.41 Å². The van der Waals surface area contributed by atoms with Gasteiger partial charge in [-0.05, 0) is 57.2 Å². The summed E-state index contributed by atoms with van der Waals surface area (Å²) in [6.07, 6.45) is 3.81. The van der Waals surface area contributed by atoms with E-state index < -0.39 is 5.60 Å². The smallest absolute Gasteiger partial charge is 0.101 e. The van der Waals surface area contributed by atoms with Crippen molar-refractivity contribution < 1.29 is 9.84 Å². The van der Waals surface area contributed by atoms with Crippen LogP contribution in [0.5, 0.6) is 0 Å². The molecule has 3 fully saturated rings. The molecule has 0 aliphatic carbocycles. The zero-order valence-corrected chi connectivity index (χ0v) is 21.8. The molecule has 0 radical (unpaired) electrons. The first-order valence-electron chi connectivity index (χ1n) is 13.1. The lowest BCUT2D eigenvalue weighted by atomic mass is 9.72. The van der Waals surface area contributed by atoms with Crippen LogP contribution in [0.15, 0.2) is 48.8 Å². The molecule has 5 heterocycles. The Morgan fingerprint density at radius 3 is 2.65 bits per heavy atom. The summed E-state index contributed by atoms with van der Waals surface area (Å²) in [7, 11) is 0. The molecule has 3 aliphatic heterocycles. The summed E-state index contributed by atoms with van der Waals surface area (Å²) in [6, 6.07) is 14.3. The number of nitriles is 1. The number of rotatable bonds is 5. The summed E-state index contributed by atoms with van der Waals surface area (Å²) in [6.45, 7) is 12.5. The number of aromatic nitrogens is 2. The minimum Gasteiger partial charge on any atom is -0.384 e. The molecule has 1 aromatic carbocycles. The number of ether oxygens (including phenoxy) is 1. The second kappa shape index (κ2) is 8.95. The molecule has 8 nitrogen and oxygen atoms in total. The Bertz CT molecular complexity index is 1350. The number of aliphatic hydroxyl groups is 1. The third-order valence-corrected chi connectivity index (χ3v) is 7.90. The maximum absolute atomic E-state index is 10.3. The number of nitrogens with zero attached hydrogens (tertiary/aromatic N) is 6. The zero-order chi connectivity index (χ0) is 25.8. The number of fused-ring (bicyclic) bond motifs is 1. The predicted octanol–water partition coefficient (Wildman–Crippen LogP) is 3.14. The lowest BCUT2D eigenvalue weighted by Crippen LogP contribution is -2.73. The molecular formula is C29H34N6O2. The summed E-state index contributed by atoms with van der Waals surface area (Å²) in [5.41, 5.74) is 3.77. The topological polar surface area (TPSA) is 88.8 Å². The van der Waals surface area contributed by atoms with Crippen LogP contribution in [-0.2, 0) is 10.3 Å². The number of hydrogen-bond donors (Lipinski definition) is 1. The van der Waals surface area contributed by atoms with Gasteiger partial charge in [0.05, 0.1) is 29.0 Å². The van der Waals surface area contributed by atoms with E-state index in [2.05, 4.69) is 49.8 Å². The van der Waals surface area contributed by atoms with Gasteiger partial charge in [0.2, 0.25) is 0 Å². The van der Waals surface area contributed by atoms with Gasteiger partial charge in [-0.25, -0.2) is 0 Å². The van der Waals surface area contributed by atoms with Gasteiger partial charge in [-0.2, -0.15) is 5.26 Å². The third-order valence-electron chi connectivity index (χ3n) is 7.90. The first-order chi connectivity index (χ1) is 17.7. The van der Waals surface area contributed by atoms with Crippen LogP contribution in [0.3, 0.4) is 0 Å². The average Bonchev–Trinajstić information content (AvgIpc) is 2.83. The van der Waals surface area contributed by atoms with Gasteiger partial charge in [0.15, 0.2) is 0 Å². The predicted molar refractivity (Wildman–Crippen MR) is 144 cm³/mol. The van der Waals surface area contributed by atoms with Crippen LogP contribution in [0, 0.1) is 16.7 Å². The van der Waals surface area contributed by atoms with Gasteiger partial charge in [0.1, 0.15) is 11.7 Å². The van der Waals surface area contributed by atoms with Gasteiger partial charge < -0.3 is 19.6 Å². The van der Waals surface area contributed by atoms with Crippen LogP contribution in [0.25, 0.3) is 10.9 Å². The van der Waals surface area contributed by atoms with E-state index in [1.54, 1.807) is 26.2 Å². The molecule has 1 spiro atoms. The molecule has 3 aliphatic rings. The van der Waals surface area contributed by atoms with E-state index in [0.717, 1.165) is 68.1 Å². The summed E-state index contributed by atoms with van der Waals surface area (Å²) < 4.78 is 6.36. The molecule has 8 heteroatoms. The molecule has 2 atom stereocenters. The van der Waals surface area contributed by atoms with Crippen molar-refractivity contribution >= 4 is 22.3 Å². The molecule has 0 saturated carbocycles. The first-order valence-corrected chi connectivity index (χ1v) is 13.1. The Balaban J connectivity index is 1.08. The lowest BCUT2D eigenvalue weighted by molar-refractivity contribution is -0.0809. The van der Waals surface area contributed by atoms with E-state index in [-0.39, 0.29) is 12.2 Å². The lowest BCUT2D eigenvalue weighted by Gasteiger charge is -2.61. The second-order valence-corrected chi connectivity index (χ2v) is 11.6. The van der Waals surface area contributed by atoms with E-state index in [4.69, 9.17) is 4.74 Å². The Hall–Kier alpha value is -3.25. The fraction of sp³-hybridized carbons (Fsp3) is 0.483. The monoisotopic (exact) mass is 498 g/mol. The Morgan fingerprint density at radius 1 is 1.08 bits per heavy atom. The highest BCUT2D eigenvalue weighted by Crippen LogP contribution is 2.42. The molecule has 1 N–H and O–H groups in total. The second-order valence-electron chi connectivity index (χ2n) is 11.6.